The van der Waals surface area contributed by atoms with Gasteiger partial charge in [0.2, 0.25) is 0 Å². The van der Waals surface area contributed by atoms with Crippen LogP contribution in [0.5, 0.6) is 0 Å². The summed E-state index contributed by atoms with van der Waals surface area (Å²) < 4.78 is 0. The number of hydrogen-bond donors (Lipinski definition) is 3. The minimum atomic E-state index is 0.750. The minimum absolute atomic E-state index is 0.750. The van der Waals surface area contributed by atoms with Gasteiger partial charge in [-0.2, -0.15) is 0 Å². The molecule has 0 aromatic carbocycles. The third kappa shape index (κ3) is 7.43. The van der Waals surface area contributed by atoms with Gasteiger partial charge in [-0.1, -0.05) is 6.42 Å². The van der Waals surface area contributed by atoms with E-state index in [0.717, 1.165) is 6.34 Å². The van der Waals surface area contributed by atoms with Crippen LogP contribution in [0, 0.1) is 5.41 Å². The van der Waals surface area contributed by atoms with Crippen molar-refractivity contribution in [2.75, 3.05) is 13.1 Å². The molecule has 0 radical (unpaired) electrons. The number of nitrogens with two attached hydrogens (primary N) is 1. The SMILES string of the molecule is C1CCNCC1.N=CN. The van der Waals surface area contributed by atoms with E-state index in [4.69, 9.17) is 5.41 Å². The lowest BCUT2D eigenvalue weighted by atomic mass is 10.2. The fourth-order valence-electron chi connectivity index (χ4n) is 0.802. The van der Waals surface area contributed by atoms with Crippen molar-refractivity contribution in [3.63, 3.8) is 0 Å². The van der Waals surface area contributed by atoms with Crippen LogP contribution in [0.25, 0.3) is 0 Å². The van der Waals surface area contributed by atoms with Gasteiger partial charge >= 0.3 is 0 Å². The molecule has 0 bridgehead atoms. The predicted octanol–water partition coefficient (Wildman–Crippen LogP) is 0.312. The Morgan fingerprint density at radius 2 is 1.67 bits per heavy atom. The highest BCUT2D eigenvalue weighted by atomic mass is 14.9. The van der Waals surface area contributed by atoms with Gasteiger partial charge in [-0.05, 0) is 25.9 Å². The topological polar surface area (TPSA) is 61.9 Å². The largest absolute Gasteiger partial charge is 0.390 e. The summed E-state index contributed by atoms with van der Waals surface area (Å²) in [5.41, 5.74) is 4.39. The zero-order valence-electron chi connectivity index (χ0n) is 5.69. The Hall–Kier alpha value is -0.570. The van der Waals surface area contributed by atoms with E-state index < -0.39 is 0 Å². The maximum Gasteiger partial charge on any atom is 0.0765 e. The zero-order chi connectivity index (χ0) is 6.95. The molecule has 1 fully saturated rings. The number of rotatable bonds is 0. The Morgan fingerprint density at radius 1 is 1.22 bits per heavy atom. The minimum Gasteiger partial charge on any atom is -0.390 e. The molecule has 0 aliphatic carbocycles. The fourth-order valence-corrected chi connectivity index (χ4v) is 0.802. The maximum atomic E-state index is 5.86. The molecule has 1 aliphatic rings. The summed E-state index contributed by atoms with van der Waals surface area (Å²) in [6, 6.07) is 0. The second-order valence-electron chi connectivity index (χ2n) is 1.98. The Balaban J connectivity index is 0.000000187. The highest BCUT2D eigenvalue weighted by Gasteiger charge is 1.93. The molecule has 1 aliphatic heterocycles. The Labute approximate surface area is 56.1 Å². The highest BCUT2D eigenvalue weighted by molar-refractivity contribution is 5.46. The third-order valence-corrected chi connectivity index (χ3v) is 1.21. The second-order valence-corrected chi connectivity index (χ2v) is 1.98. The van der Waals surface area contributed by atoms with E-state index in [2.05, 4.69) is 11.1 Å². The zero-order valence-corrected chi connectivity index (χ0v) is 5.69. The van der Waals surface area contributed by atoms with E-state index in [0.29, 0.717) is 0 Å². The van der Waals surface area contributed by atoms with Gasteiger partial charge in [-0.3, -0.25) is 5.41 Å². The second kappa shape index (κ2) is 7.43. The van der Waals surface area contributed by atoms with E-state index in [9.17, 15) is 0 Å². The molecule has 1 heterocycles. The van der Waals surface area contributed by atoms with E-state index in [-0.39, 0.29) is 0 Å². The molecule has 1 rings (SSSR count). The van der Waals surface area contributed by atoms with Gasteiger partial charge < -0.3 is 11.1 Å². The Kier molecular flexibility index (Phi) is 6.96. The molecule has 3 nitrogen and oxygen atoms in total. The number of nitrogens with one attached hydrogen (secondary N) is 2. The molecule has 1 saturated heterocycles. The monoisotopic (exact) mass is 129 g/mol. The summed E-state index contributed by atoms with van der Waals surface area (Å²) in [5, 5.41) is 9.15. The van der Waals surface area contributed by atoms with Gasteiger partial charge in [0, 0.05) is 0 Å². The lowest BCUT2D eigenvalue weighted by Crippen LogP contribution is -2.21. The first-order valence-electron chi connectivity index (χ1n) is 3.33. The molecule has 0 aromatic heterocycles. The molecule has 0 saturated carbocycles. The smallest absolute Gasteiger partial charge is 0.0765 e. The molecule has 0 amide bonds. The normalized spacial score (nSPS) is 17.3. The van der Waals surface area contributed by atoms with Crippen molar-refractivity contribution in [1.82, 2.24) is 5.32 Å². The first kappa shape index (κ1) is 8.43. The van der Waals surface area contributed by atoms with Crippen molar-refractivity contribution in [3.05, 3.63) is 0 Å². The van der Waals surface area contributed by atoms with Crippen molar-refractivity contribution < 1.29 is 0 Å². The molecule has 0 atom stereocenters. The van der Waals surface area contributed by atoms with Crippen LogP contribution in [0.1, 0.15) is 19.3 Å². The number of hydrogen-bond acceptors (Lipinski definition) is 2. The Morgan fingerprint density at radius 3 is 1.78 bits per heavy atom. The summed E-state index contributed by atoms with van der Waals surface area (Å²) in [6.07, 6.45) is 4.97. The van der Waals surface area contributed by atoms with E-state index in [1.165, 1.54) is 32.4 Å². The molecule has 0 spiro atoms. The van der Waals surface area contributed by atoms with Crippen molar-refractivity contribution in [3.8, 4) is 0 Å². The van der Waals surface area contributed by atoms with Crippen LogP contribution in [0.15, 0.2) is 0 Å². The average molecular weight is 129 g/mol. The van der Waals surface area contributed by atoms with Gasteiger partial charge in [0.1, 0.15) is 0 Å². The predicted molar refractivity (Wildman–Crippen MR) is 39.7 cm³/mol. The van der Waals surface area contributed by atoms with Crippen LogP contribution in [-0.4, -0.2) is 19.4 Å². The van der Waals surface area contributed by atoms with Crippen LogP contribution in [0.4, 0.5) is 0 Å². The summed E-state index contributed by atoms with van der Waals surface area (Å²) in [7, 11) is 0. The lowest BCUT2D eigenvalue weighted by molar-refractivity contribution is 0.520. The first-order chi connectivity index (χ1) is 4.41. The standard InChI is InChI=1S/C5H11N.CH4N2/c1-2-4-6-5-3-1;2-1-3/h6H,1-5H2;1H,(H3,2,3). The van der Waals surface area contributed by atoms with Gasteiger partial charge in [0.25, 0.3) is 0 Å². The van der Waals surface area contributed by atoms with Crippen molar-refractivity contribution in [2.45, 2.75) is 19.3 Å². The molecule has 0 aromatic rings. The highest BCUT2D eigenvalue weighted by Crippen LogP contribution is 1.96. The summed E-state index contributed by atoms with van der Waals surface area (Å²) in [6.45, 7) is 2.50. The first-order valence-corrected chi connectivity index (χ1v) is 3.33. The van der Waals surface area contributed by atoms with Crippen LogP contribution in [0.3, 0.4) is 0 Å². The quantitative estimate of drug-likeness (QED) is 0.325. The lowest BCUT2D eigenvalue weighted by Gasteiger charge is -2.08. The Bertz CT molecular complexity index is 47.8. The molecular formula is C6H15N3. The van der Waals surface area contributed by atoms with Gasteiger partial charge in [0.15, 0.2) is 0 Å². The summed E-state index contributed by atoms with van der Waals surface area (Å²) in [5.74, 6) is 0. The van der Waals surface area contributed by atoms with Gasteiger partial charge in [-0.25, -0.2) is 0 Å². The average Bonchev–Trinajstić information content (AvgIpc) is 1.93. The van der Waals surface area contributed by atoms with E-state index in [1.54, 1.807) is 0 Å². The van der Waals surface area contributed by atoms with E-state index in [1.807, 2.05) is 0 Å². The van der Waals surface area contributed by atoms with E-state index >= 15 is 0 Å². The molecule has 54 valence electrons. The maximum absolute atomic E-state index is 5.86. The van der Waals surface area contributed by atoms with Crippen molar-refractivity contribution in [2.24, 2.45) is 5.73 Å². The van der Waals surface area contributed by atoms with Crippen LogP contribution in [-0.2, 0) is 0 Å². The van der Waals surface area contributed by atoms with Crippen LogP contribution >= 0.6 is 0 Å². The molecule has 4 N–H and O–H groups in total. The van der Waals surface area contributed by atoms with Crippen LogP contribution < -0.4 is 11.1 Å². The molecular weight excluding hydrogens is 114 g/mol. The fraction of sp³-hybridized carbons (Fsp3) is 0.833. The summed E-state index contributed by atoms with van der Waals surface area (Å²) in [4.78, 5) is 0. The number of piperidine rings is 1. The van der Waals surface area contributed by atoms with Gasteiger partial charge in [-0.15, -0.1) is 0 Å². The molecule has 9 heavy (non-hydrogen) atoms. The van der Waals surface area contributed by atoms with Crippen LogP contribution in [0.2, 0.25) is 0 Å². The van der Waals surface area contributed by atoms with Crippen molar-refractivity contribution >= 4 is 6.34 Å². The van der Waals surface area contributed by atoms with Crippen molar-refractivity contribution in [1.29, 1.82) is 5.41 Å². The molecule has 3 heteroatoms. The van der Waals surface area contributed by atoms with Gasteiger partial charge in [0.05, 0.1) is 6.34 Å². The molecule has 0 unspecified atom stereocenters. The summed E-state index contributed by atoms with van der Waals surface area (Å²) >= 11 is 0. The third-order valence-electron chi connectivity index (χ3n) is 1.21.